The Labute approximate surface area is 143 Å². The van der Waals surface area contributed by atoms with Gasteiger partial charge in [-0.25, -0.2) is 4.98 Å². The Kier molecular flexibility index (Phi) is 4.69. The quantitative estimate of drug-likeness (QED) is 0.748. The normalized spacial score (nSPS) is 10.5. The summed E-state index contributed by atoms with van der Waals surface area (Å²) in [7, 11) is 0. The minimum Gasteiger partial charge on any atom is -0.296 e. The molecule has 23 heavy (non-hydrogen) atoms. The molecule has 2 aromatic heterocycles. The van der Waals surface area contributed by atoms with Crippen molar-refractivity contribution in [1.29, 1.82) is 0 Å². The topological polar surface area (TPSA) is 54.9 Å². The molecule has 0 aliphatic heterocycles. The lowest BCUT2D eigenvalue weighted by molar-refractivity contribution is 0.102. The van der Waals surface area contributed by atoms with Crippen LogP contribution in [0.5, 0.6) is 0 Å². The molecule has 0 spiro atoms. The van der Waals surface area contributed by atoms with E-state index in [1.807, 2.05) is 17.5 Å². The lowest BCUT2D eigenvalue weighted by Gasteiger charge is -2.01. The second kappa shape index (κ2) is 6.89. The maximum atomic E-state index is 12.1. The summed E-state index contributed by atoms with van der Waals surface area (Å²) in [5.41, 5.74) is 3.41. The first-order chi connectivity index (χ1) is 11.2. The van der Waals surface area contributed by atoms with E-state index in [0.29, 0.717) is 10.2 Å². The van der Waals surface area contributed by atoms with Gasteiger partial charge >= 0.3 is 0 Å². The number of carbonyl (C=O) groups excluding carboxylic acids is 1. The molecule has 116 valence electrons. The minimum absolute atomic E-state index is 0.265. The van der Waals surface area contributed by atoms with Gasteiger partial charge in [0.2, 0.25) is 0 Å². The summed E-state index contributed by atoms with van der Waals surface area (Å²) in [5.74, 6) is -0.324. The number of pyridine rings is 1. The zero-order chi connectivity index (χ0) is 16.2. The summed E-state index contributed by atoms with van der Waals surface area (Å²) in [6.07, 6.45) is 2.51. The van der Waals surface area contributed by atoms with Gasteiger partial charge in [0, 0.05) is 22.2 Å². The summed E-state index contributed by atoms with van der Waals surface area (Å²) in [4.78, 5) is 20.6. The van der Waals surface area contributed by atoms with Crippen LogP contribution < -0.4 is 5.32 Å². The van der Waals surface area contributed by atoms with Crippen LogP contribution in [0.15, 0.2) is 48.0 Å². The van der Waals surface area contributed by atoms with Crippen molar-refractivity contribution in [2.24, 2.45) is 0 Å². The van der Waals surface area contributed by atoms with Gasteiger partial charge in [-0.1, -0.05) is 42.8 Å². The molecule has 0 aliphatic rings. The first kappa shape index (κ1) is 15.6. The number of carbonyl (C=O) groups is 1. The van der Waals surface area contributed by atoms with Gasteiger partial charge in [-0.3, -0.25) is 15.1 Å². The van der Waals surface area contributed by atoms with Gasteiger partial charge in [-0.2, -0.15) is 0 Å². The highest BCUT2D eigenvalue weighted by atomic mass is 35.5. The molecule has 3 rings (SSSR count). The first-order valence-corrected chi connectivity index (χ1v) is 8.39. The number of aromatic nitrogens is 2. The van der Waals surface area contributed by atoms with E-state index in [9.17, 15) is 4.79 Å². The van der Waals surface area contributed by atoms with Crippen LogP contribution in [0, 0.1) is 0 Å². The van der Waals surface area contributed by atoms with E-state index in [1.54, 1.807) is 6.07 Å². The first-order valence-electron chi connectivity index (χ1n) is 7.13. The molecule has 0 radical (unpaired) electrons. The Bertz CT molecular complexity index is 830. The molecular weight excluding hydrogens is 330 g/mol. The molecule has 0 fully saturated rings. The lowest BCUT2D eigenvalue weighted by atomic mass is 10.1. The SMILES string of the molecule is CCc1ccc(-c2csc(NC(=O)c3cc(Cl)ccn3)n2)cc1. The van der Waals surface area contributed by atoms with E-state index in [4.69, 9.17) is 11.6 Å². The number of nitrogens with one attached hydrogen (secondary N) is 1. The van der Waals surface area contributed by atoms with Gasteiger partial charge in [-0.15, -0.1) is 11.3 Å². The van der Waals surface area contributed by atoms with Crippen LogP contribution >= 0.6 is 22.9 Å². The fourth-order valence-electron chi connectivity index (χ4n) is 2.07. The van der Waals surface area contributed by atoms with Gasteiger partial charge in [0.1, 0.15) is 5.69 Å². The smallest absolute Gasteiger partial charge is 0.276 e. The van der Waals surface area contributed by atoms with Crippen molar-refractivity contribution in [1.82, 2.24) is 9.97 Å². The van der Waals surface area contributed by atoms with E-state index in [-0.39, 0.29) is 11.6 Å². The lowest BCUT2D eigenvalue weighted by Crippen LogP contribution is -2.13. The monoisotopic (exact) mass is 343 g/mol. The zero-order valence-corrected chi connectivity index (χ0v) is 14.0. The van der Waals surface area contributed by atoms with E-state index in [2.05, 4.69) is 34.3 Å². The Balaban J connectivity index is 1.75. The Hall–Kier alpha value is -2.24. The third kappa shape index (κ3) is 3.75. The molecule has 2 heterocycles. The number of aryl methyl sites for hydroxylation is 1. The van der Waals surface area contributed by atoms with Crippen molar-refractivity contribution in [3.63, 3.8) is 0 Å². The van der Waals surface area contributed by atoms with Crippen LogP contribution in [0.25, 0.3) is 11.3 Å². The van der Waals surface area contributed by atoms with E-state index in [0.717, 1.165) is 17.7 Å². The molecule has 6 heteroatoms. The predicted octanol–water partition coefficient (Wildman–Crippen LogP) is 4.67. The number of amides is 1. The Morgan fingerprint density at radius 2 is 2.04 bits per heavy atom. The molecule has 1 amide bonds. The Morgan fingerprint density at radius 1 is 1.26 bits per heavy atom. The fourth-order valence-corrected chi connectivity index (χ4v) is 2.94. The summed E-state index contributed by atoms with van der Waals surface area (Å²) in [6, 6.07) is 11.4. The maximum Gasteiger partial charge on any atom is 0.276 e. The highest BCUT2D eigenvalue weighted by Gasteiger charge is 2.11. The summed E-state index contributed by atoms with van der Waals surface area (Å²) >= 11 is 7.25. The fraction of sp³-hybridized carbons (Fsp3) is 0.118. The number of nitrogens with zero attached hydrogens (tertiary/aromatic N) is 2. The van der Waals surface area contributed by atoms with Gasteiger partial charge in [0.15, 0.2) is 5.13 Å². The summed E-state index contributed by atoms with van der Waals surface area (Å²) in [6.45, 7) is 2.12. The number of halogens is 1. The zero-order valence-electron chi connectivity index (χ0n) is 12.4. The number of anilines is 1. The number of benzene rings is 1. The van der Waals surface area contributed by atoms with Crippen LogP contribution in [0.1, 0.15) is 23.0 Å². The van der Waals surface area contributed by atoms with Gasteiger partial charge < -0.3 is 0 Å². The molecule has 0 unspecified atom stereocenters. The minimum atomic E-state index is -0.324. The van der Waals surface area contributed by atoms with Gasteiger partial charge in [-0.05, 0) is 24.1 Å². The third-order valence-corrected chi connectivity index (χ3v) is 4.33. The van der Waals surface area contributed by atoms with Crippen molar-refractivity contribution in [3.05, 3.63) is 64.3 Å². The highest BCUT2D eigenvalue weighted by Crippen LogP contribution is 2.25. The van der Waals surface area contributed by atoms with Crippen molar-refractivity contribution >= 4 is 34.0 Å². The van der Waals surface area contributed by atoms with Crippen molar-refractivity contribution in [2.75, 3.05) is 5.32 Å². The van der Waals surface area contributed by atoms with E-state index >= 15 is 0 Å². The van der Waals surface area contributed by atoms with Gasteiger partial charge in [0.05, 0.1) is 5.69 Å². The molecule has 0 aliphatic carbocycles. The third-order valence-electron chi connectivity index (χ3n) is 3.34. The standard InChI is InChI=1S/C17H14ClN3OS/c1-2-11-3-5-12(6-4-11)15-10-23-17(20-15)21-16(22)14-9-13(18)7-8-19-14/h3-10H,2H2,1H3,(H,20,21,22). The van der Waals surface area contributed by atoms with Gasteiger partial charge in [0.25, 0.3) is 5.91 Å². The molecular formula is C17H14ClN3OS. The van der Waals surface area contributed by atoms with Crippen molar-refractivity contribution < 1.29 is 4.79 Å². The predicted molar refractivity (Wildman–Crippen MR) is 94.1 cm³/mol. The van der Waals surface area contributed by atoms with Crippen LogP contribution in [-0.2, 0) is 6.42 Å². The number of rotatable bonds is 4. The second-order valence-corrected chi connectivity index (χ2v) is 6.20. The summed E-state index contributed by atoms with van der Waals surface area (Å²) in [5, 5.41) is 5.67. The van der Waals surface area contributed by atoms with Crippen LogP contribution in [0.4, 0.5) is 5.13 Å². The number of hydrogen-bond acceptors (Lipinski definition) is 4. The number of thiazole rings is 1. The molecule has 3 aromatic rings. The average molecular weight is 344 g/mol. The van der Waals surface area contributed by atoms with Crippen molar-refractivity contribution in [2.45, 2.75) is 13.3 Å². The van der Waals surface area contributed by atoms with E-state index in [1.165, 1.54) is 29.2 Å². The summed E-state index contributed by atoms with van der Waals surface area (Å²) < 4.78 is 0. The molecule has 0 atom stereocenters. The average Bonchev–Trinajstić information content (AvgIpc) is 3.03. The van der Waals surface area contributed by atoms with Crippen LogP contribution in [0.3, 0.4) is 0 Å². The molecule has 0 saturated carbocycles. The number of hydrogen-bond donors (Lipinski definition) is 1. The molecule has 1 aromatic carbocycles. The van der Waals surface area contributed by atoms with Crippen LogP contribution in [-0.4, -0.2) is 15.9 Å². The Morgan fingerprint density at radius 3 is 2.74 bits per heavy atom. The molecule has 0 saturated heterocycles. The maximum absolute atomic E-state index is 12.1. The second-order valence-electron chi connectivity index (χ2n) is 4.90. The van der Waals surface area contributed by atoms with E-state index < -0.39 is 0 Å². The molecule has 0 bridgehead atoms. The molecule has 1 N–H and O–H groups in total. The van der Waals surface area contributed by atoms with Crippen molar-refractivity contribution in [3.8, 4) is 11.3 Å². The largest absolute Gasteiger partial charge is 0.296 e. The van der Waals surface area contributed by atoms with Crippen LogP contribution in [0.2, 0.25) is 5.02 Å². The molecule has 4 nitrogen and oxygen atoms in total. The highest BCUT2D eigenvalue weighted by molar-refractivity contribution is 7.14.